The lowest BCUT2D eigenvalue weighted by atomic mass is 9.79. The van der Waals surface area contributed by atoms with Crippen LogP contribution in [-0.4, -0.2) is 25.7 Å². The maximum absolute atomic E-state index is 11.7. The van der Waals surface area contributed by atoms with Gasteiger partial charge in [0.2, 0.25) is 5.91 Å². The fraction of sp³-hybridized carbons (Fsp3) is 0.562. The van der Waals surface area contributed by atoms with Crippen LogP contribution in [0, 0.1) is 5.92 Å². The van der Waals surface area contributed by atoms with Crippen LogP contribution >= 0.6 is 0 Å². The molecule has 1 aromatic carbocycles. The summed E-state index contributed by atoms with van der Waals surface area (Å²) in [7, 11) is 3.29. The average Bonchev–Trinajstić information content (AvgIpc) is 2.81. The number of methoxy groups -OCH3 is 2. The number of amides is 1. The molecule has 1 aliphatic heterocycles. The maximum Gasteiger partial charge on any atom is 0.220 e. The van der Waals surface area contributed by atoms with E-state index in [0.29, 0.717) is 12.3 Å². The molecule has 0 radical (unpaired) electrons. The van der Waals surface area contributed by atoms with Gasteiger partial charge in [0.25, 0.3) is 0 Å². The minimum atomic E-state index is -0.184. The quantitative estimate of drug-likeness (QED) is 0.899. The summed E-state index contributed by atoms with van der Waals surface area (Å²) >= 11 is 0. The monoisotopic (exact) mass is 277 g/mol. The van der Waals surface area contributed by atoms with Gasteiger partial charge in [-0.3, -0.25) is 4.79 Å². The van der Waals surface area contributed by atoms with Gasteiger partial charge in [-0.15, -0.1) is 0 Å². The van der Waals surface area contributed by atoms with E-state index in [1.807, 2.05) is 18.2 Å². The van der Waals surface area contributed by atoms with Gasteiger partial charge in [0.05, 0.1) is 14.2 Å². The van der Waals surface area contributed by atoms with Crippen molar-refractivity contribution in [2.75, 3.05) is 14.2 Å². The highest BCUT2D eigenvalue weighted by Gasteiger charge is 2.41. The van der Waals surface area contributed by atoms with Crippen LogP contribution in [0.4, 0.5) is 0 Å². The Bertz CT molecular complexity index is 498. The van der Waals surface area contributed by atoms with E-state index in [-0.39, 0.29) is 11.4 Å². The van der Waals surface area contributed by atoms with Crippen LogP contribution in [0.5, 0.6) is 11.5 Å². The van der Waals surface area contributed by atoms with E-state index < -0.39 is 0 Å². The number of para-hydroxylation sites is 1. The Morgan fingerprint density at radius 3 is 2.55 bits per heavy atom. The molecule has 1 amide bonds. The molecule has 1 N–H and O–H groups in total. The van der Waals surface area contributed by atoms with Crippen LogP contribution in [0.3, 0.4) is 0 Å². The smallest absolute Gasteiger partial charge is 0.220 e. The summed E-state index contributed by atoms with van der Waals surface area (Å²) in [6.45, 7) is 4.30. The molecule has 4 nitrogen and oxygen atoms in total. The average molecular weight is 277 g/mol. The normalized spacial score (nSPS) is 21.9. The Balaban J connectivity index is 2.35. The van der Waals surface area contributed by atoms with Gasteiger partial charge < -0.3 is 14.8 Å². The lowest BCUT2D eigenvalue weighted by Crippen LogP contribution is -2.48. The van der Waals surface area contributed by atoms with Crippen LogP contribution in [0.15, 0.2) is 18.2 Å². The predicted molar refractivity (Wildman–Crippen MR) is 78.2 cm³/mol. The molecule has 1 aliphatic rings. The number of hydrogen-bond acceptors (Lipinski definition) is 3. The van der Waals surface area contributed by atoms with Gasteiger partial charge in [-0.2, -0.15) is 0 Å². The van der Waals surface area contributed by atoms with E-state index in [9.17, 15) is 4.79 Å². The van der Waals surface area contributed by atoms with Crippen molar-refractivity contribution >= 4 is 5.91 Å². The van der Waals surface area contributed by atoms with Gasteiger partial charge in [-0.1, -0.05) is 26.0 Å². The van der Waals surface area contributed by atoms with Gasteiger partial charge in [0.1, 0.15) is 0 Å². The number of rotatable bonds is 5. The standard InChI is InChI=1S/C16H23NO3/c1-11(2)16(9-8-14(18)17-16)10-12-6-5-7-13(19-3)15(12)20-4/h5-7,11H,8-10H2,1-4H3,(H,17,18). The molecule has 0 aliphatic carbocycles. The zero-order valence-electron chi connectivity index (χ0n) is 12.7. The van der Waals surface area contributed by atoms with Crippen LogP contribution < -0.4 is 14.8 Å². The molecular formula is C16H23NO3. The largest absolute Gasteiger partial charge is 0.493 e. The van der Waals surface area contributed by atoms with E-state index in [4.69, 9.17) is 9.47 Å². The molecule has 1 fully saturated rings. The molecule has 1 saturated heterocycles. The Morgan fingerprint density at radius 2 is 2.05 bits per heavy atom. The number of benzene rings is 1. The van der Waals surface area contributed by atoms with E-state index in [2.05, 4.69) is 19.2 Å². The Kier molecular flexibility index (Phi) is 4.21. The van der Waals surface area contributed by atoms with Gasteiger partial charge >= 0.3 is 0 Å². The first-order chi connectivity index (χ1) is 9.52. The predicted octanol–water partition coefficient (Wildman–Crippen LogP) is 2.55. The Hall–Kier alpha value is -1.71. The third kappa shape index (κ3) is 2.60. The Morgan fingerprint density at radius 1 is 1.30 bits per heavy atom. The van der Waals surface area contributed by atoms with Crippen molar-refractivity contribution in [3.63, 3.8) is 0 Å². The molecule has 20 heavy (non-hydrogen) atoms. The summed E-state index contributed by atoms with van der Waals surface area (Å²) in [5.41, 5.74) is 0.888. The zero-order chi connectivity index (χ0) is 14.8. The van der Waals surface area contributed by atoms with E-state index in [1.165, 1.54) is 0 Å². The molecule has 2 rings (SSSR count). The minimum absolute atomic E-state index is 0.139. The van der Waals surface area contributed by atoms with Crippen LogP contribution in [0.25, 0.3) is 0 Å². The van der Waals surface area contributed by atoms with Gasteiger partial charge in [-0.25, -0.2) is 0 Å². The summed E-state index contributed by atoms with van der Waals surface area (Å²) in [6.07, 6.45) is 2.23. The SMILES string of the molecule is COc1cccc(CC2(C(C)C)CCC(=O)N2)c1OC. The molecule has 4 heteroatoms. The number of carbonyl (C=O) groups excluding carboxylic acids is 1. The van der Waals surface area contributed by atoms with Crippen molar-refractivity contribution in [1.29, 1.82) is 0 Å². The topological polar surface area (TPSA) is 47.6 Å². The van der Waals surface area contributed by atoms with Crippen molar-refractivity contribution in [2.24, 2.45) is 5.92 Å². The highest BCUT2D eigenvalue weighted by Crippen LogP contribution is 2.37. The van der Waals surface area contributed by atoms with Gasteiger partial charge in [0, 0.05) is 17.5 Å². The van der Waals surface area contributed by atoms with Gasteiger partial charge in [-0.05, 0) is 24.8 Å². The molecule has 110 valence electrons. The lowest BCUT2D eigenvalue weighted by molar-refractivity contribution is -0.120. The second kappa shape index (κ2) is 5.73. The molecule has 1 atom stereocenters. The van der Waals surface area contributed by atoms with Crippen LogP contribution in [0.1, 0.15) is 32.3 Å². The number of nitrogens with one attached hydrogen (secondary N) is 1. The van der Waals surface area contributed by atoms with E-state index in [0.717, 1.165) is 29.9 Å². The summed E-state index contributed by atoms with van der Waals surface area (Å²) in [5, 5.41) is 3.17. The first-order valence-corrected chi connectivity index (χ1v) is 7.03. The lowest BCUT2D eigenvalue weighted by Gasteiger charge is -2.34. The van der Waals surface area contributed by atoms with Crippen LogP contribution in [0.2, 0.25) is 0 Å². The first-order valence-electron chi connectivity index (χ1n) is 7.03. The molecule has 1 aromatic rings. The fourth-order valence-corrected chi connectivity index (χ4v) is 2.94. The maximum atomic E-state index is 11.7. The van der Waals surface area contributed by atoms with Crippen molar-refractivity contribution in [2.45, 2.75) is 38.6 Å². The number of ether oxygens (including phenoxy) is 2. The zero-order valence-corrected chi connectivity index (χ0v) is 12.7. The summed E-state index contributed by atoms with van der Waals surface area (Å²) in [5.74, 6) is 2.00. The fourth-order valence-electron chi connectivity index (χ4n) is 2.94. The van der Waals surface area contributed by atoms with Crippen molar-refractivity contribution in [1.82, 2.24) is 5.32 Å². The van der Waals surface area contributed by atoms with E-state index >= 15 is 0 Å². The summed E-state index contributed by atoms with van der Waals surface area (Å²) in [6, 6.07) is 5.88. The highest BCUT2D eigenvalue weighted by atomic mass is 16.5. The molecule has 0 bridgehead atoms. The third-order valence-corrected chi connectivity index (χ3v) is 4.28. The summed E-state index contributed by atoms with van der Waals surface area (Å²) in [4.78, 5) is 11.7. The Labute approximate surface area is 120 Å². The number of carbonyl (C=O) groups is 1. The summed E-state index contributed by atoms with van der Waals surface area (Å²) < 4.78 is 10.8. The second-order valence-corrected chi connectivity index (χ2v) is 5.69. The minimum Gasteiger partial charge on any atom is -0.493 e. The van der Waals surface area contributed by atoms with Crippen LogP contribution in [-0.2, 0) is 11.2 Å². The van der Waals surface area contributed by atoms with E-state index in [1.54, 1.807) is 14.2 Å². The highest BCUT2D eigenvalue weighted by molar-refractivity contribution is 5.79. The second-order valence-electron chi connectivity index (χ2n) is 5.69. The molecule has 1 unspecified atom stereocenters. The third-order valence-electron chi connectivity index (χ3n) is 4.28. The first kappa shape index (κ1) is 14.7. The van der Waals surface area contributed by atoms with Crippen molar-refractivity contribution < 1.29 is 14.3 Å². The van der Waals surface area contributed by atoms with Crippen molar-refractivity contribution in [3.8, 4) is 11.5 Å². The molecule has 0 spiro atoms. The molecule has 1 heterocycles. The van der Waals surface area contributed by atoms with Gasteiger partial charge in [0.15, 0.2) is 11.5 Å². The number of hydrogen-bond donors (Lipinski definition) is 1. The molecular weight excluding hydrogens is 254 g/mol. The molecule has 0 aromatic heterocycles. The van der Waals surface area contributed by atoms with Crippen molar-refractivity contribution in [3.05, 3.63) is 23.8 Å². The molecule has 0 saturated carbocycles.